The number of aliphatic hydroxyl groups excluding tert-OH is 3. The summed E-state index contributed by atoms with van der Waals surface area (Å²) in [5.74, 6) is -3.21. The number of carbonyl (C=O) groups excluding carboxylic acids is 2. The zero-order valence-electron chi connectivity index (χ0n) is 17.7. The number of aliphatic hydroxyl groups is 3. The van der Waals surface area contributed by atoms with Gasteiger partial charge in [0.1, 0.15) is 12.7 Å². The molecule has 1 aliphatic rings. The summed E-state index contributed by atoms with van der Waals surface area (Å²) in [6.45, 7) is 1.83. The van der Waals surface area contributed by atoms with Crippen molar-refractivity contribution in [1.82, 2.24) is 0 Å². The molecule has 0 aromatic heterocycles. The van der Waals surface area contributed by atoms with Gasteiger partial charge in [-0.15, -0.1) is 0 Å². The maximum atomic E-state index is 11.7. The van der Waals surface area contributed by atoms with Gasteiger partial charge in [0.25, 0.3) is 0 Å². The van der Waals surface area contributed by atoms with Crippen molar-refractivity contribution in [2.24, 2.45) is 0 Å². The fourth-order valence-corrected chi connectivity index (χ4v) is 3.35. The van der Waals surface area contributed by atoms with Gasteiger partial charge >= 0.3 is 11.9 Å². The standard InChI is InChI=1S/C22H38O7/c1-2-3-4-5-6-7-8-9-10-11-12-13-14-15-18(24)28-16-17(23)21-19(25)20(26)22(27)29-21/h17,21,23,25-26H,2-16H2,1H3/t17?,21-/m0/s1. The summed E-state index contributed by atoms with van der Waals surface area (Å²) in [6, 6.07) is 0. The van der Waals surface area contributed by atoms with E-state index in [1.54, 1.807) is 0 Å². The molecule has 0 fully saturated rings. The molecular weight excluding hydrogens is 376 g/mol. The van der Waals surface area contributed by atoms with E-state index in [1.165, 1.54) is 64.2 Å². The summed E-state index contributed by atoms with van der Waals surface area (Å²) >= 11 is 0. The first kappa shape index (κ1) is 25.3. The second-order valence-electron chi connectivity index (χ2n) is 7.80. The zero-order chi connectivity index (χ0) is 21.5. The summed E-state index contributed by atoms with van der Waals surface area (Å²) in [6.07, 6.45) is 13.4. The monoisotopic (exact) mass is 414 g/mol. The highest BCUT2D eigenvalue weighted by Gasteiger charge is 2.39. The maximum absolute atomic E-state index is 11.7. The van der Waals surface area contributed by atoms with Crippen LogP contribution in [-0.4, -0.2) is 46.1 Å². The topological polar surface area (TPSA) is 113 Å². The Morgan fingerprint density at radius 1 is 0.931 bits per heavy atom. The second-order valence-corrected chi connectivity index (χ2v) is 7.80. The average Bonchev–Trinajstić information content (AvgIpc) is 2.97. The van der Waals surface area contributed by atoms with Gasteiger partial charge in [0.15, 0.2) is 11.9 Å². The van der Waals surface area contributed by atoms with Crippen LogP contribution in [0.5, 0.6) is 0 Å². The van der Waals surface area contributed by atoms with Gasteiger partial charge in [0.2, 0.25) is 5.76 Å². The minimum absolute atomic E-state index is 0.266. The number of hydrogen-bond donors (Lipinski definition) is 3. The van der Waals surface area contributed by atoms with Crippen molar-refractivity contribution in [2.75, 3.05) is 6.61 Å². The Kier molecular flexibility index (Phi) is 13.2. The Morgan fingerprint density at radius 2 is 1.41 bits per heavy atom. The van der Waals surface area contributed by atoms with E-state index in [2.05, 4.69) is 11.7 Å². The molecule has 0 saturated carbocycles. The number of unbranched alkanes of at least 4 members (excludes halogenated alkanes) is 12. The zero-order valence-corrected chi connectivity index (χ0v) is 17.7. The summed E-state index contributed by atoms with van der Waals surface area (Å²) in [7, 11) is 0. The van der Waals surface area contributed by atoms with E-state index < -0.39 is 42.3 Å². The number of ether oxygens (including phenoxy) is 2. The van der Waals surface area contributed by atoms with E-state index in [1.807, 2.05) is 0 Å². The Morgan fingerprint density at radius 3 is 1.86 bits per heavy atom. The van der Waals surface area contributed by atoms with E-state index in [0.29, 0.717) is 0 Å². The molecule has 3 N–H and O–H groups in total. The molecule has 0 radical (unpaired) electrons. The molecule has 29 heavy (non-hydrogen) atoms. The minimum atomic E-state index is -1.42. The fraction of sp³-hybridized carbons (Fsp3) is 0.818. The van der Waals surface area contributed by atoms with Crippen LogP contribution in [0.3, 0.4) is 0 Å². The Bertz CT molecular complexity index is 515. The van der Waals surface area contributed by atoms with Crippen molar-refractivity contribution in [3.63, 3.8) is 0 Å². The molecule has 1 aliphatic heterocycles. The smallest absolute Gasteiger partial charge is 0.377 e. The Hall–Kier alpha value is -1.76. The van der Waals surface area contributed by atoms with Crippen LogP contribution in [0.1, 0.15) is 96.8 Å². The van der Waals surface area contributed by atoms with Crippen molar-refractivity contribution in [3.05, 3.63) is 11.5 Å². The molecule has 2 atom stereocenters. The lowest BCUT2D eigenvalue weighted by molar-refractivity contribution is -0.154. The number of hydrogen-bond acceptors (Lipinski definition) is 7. The molecule has 7 heteroatoms. The molecule has 0 aromatic rings. The Labute approximate surface area is 174 Å². The quantitative estimate of drug-likeness (QED) is 0.235. The SMILES string of the molecule is CCCCCCCCCCCCCCCC(=O)OCC(O)[C@@H]1OC(=O)C(O)=C1O. The predicted octanol–water partition coefficient (Wildman–Crippen LogP) is 4.62. The molecule has 0 spiro atoms. The van der Waals surface area contributed by atoms with Gasteiger partial charge in [-0.3, -0.25) is 4.79 Å². The molecule has 0 bridgehead atoms. The molecule has 0 aliphatic carbocycles. The van der Waals surface area contributed by atoms with Gasteiger partial charge in [-0.05, 0) is 6.42 Å². The second kappa shape index (κ2) is 15.1. The maximum Gasteiger partial charge on any atom is 0.377 e. The molecule has 1 rings (SSSR count). The van der Waals surface area contributed by atoms with E-state index in [4.69, 9.17) is 4.74 Å². The van der Waals surface area contributed by atoms with E-state index in [-0.39, 0.29) is 6.42 Å². The van der Waals surface area contributed by atoms with E-state index >= 15 is 0 Å². The summed E-state index contributed by atoms with van der Waals surface area (Å²) in [5.41, 5.74) is 0. The van der Waals surface area contributed by atoms with Gasteiger partial charge in [0, 0.05) is 6.42 Å². The highest BCUT2D eigenvalue weighted by Crippen LogP contribution is 2.21. The molecule has 0 amide bonds. The number of rotatable bonds is 17. The normalized spacial score (nSPS) is 17.4. The first-order valence-electron chi connectivity index (χ1n) is 11.1. The lowest BCUT2D eigenvalue weighted by atomic mass is 10.0. The lowest BCUT2D eigenvalue weighted by Gasteiger charge is -2.17. The lowest BCUT2D eigenvalue weighted by Crippen LogP contribution is -2.33. The van der Waals surface area contributed by atoms with Crippen molar-refractivity contribution in [3.8, 4) is 0 Å². The highest BCUT2D eigenvalue weighted by molar-refractivity contribution is 5.89. The van der Waals surface area contributed by atoms with Crippen molar-refractivity contribution in [1.29, 1.82) is 0 Å². The van der Waals surface area contributed by atoms with Crippen LogP contribution in [0.4, 0.5) is 0 Å². The van der Waals surface area contributed by atoms with Crippen molar-refractivity contribution in [2.45, 2.75) is 109 Å². The number of esters is 2. The minimum Gasteiger partial charge on any atom is -0.505 e. The highest BCUT2D eigenvalue weighted by atomic mass is 16.6. The molecule has 168 valence electrons. The van der Waals surface area contributed by atoms with Gasteiger partial charge in [-0.1, -0.05) is 84.0 Å². The largest absolute Gasteiger partial charge is 0.505 e. The van der Waals surface area contributed by atoms with Gasteiger partial charge in [-0.25, -0.2) is 4.79 Å². The number of cyclic esters (lactones) is 1. The predicted molar refractivity (Wildman–Crippen MR) is 109 cm³/mol. The summed E-state index contributed by atoms with van der Waals surface area (Å²) in [4.78, 5) is 22.8. The summed E-state index contributed by atoms with van der Waals surface area (Å²) < 4.78 is 9.55. The van der Waals surface area contributed by atoms with Crippen LogP contribution in [0, 0.1) is 0 Å². The van der Waals surface area contributed by atoms with Gasteiger partial charge in [0.05, 0.1) is 0 Å². The first-order valence-corrected chi connectivity index (χ1v) is 11.1. The molecule has 0 aromatic carbocycles. The third-order valence-electron chi connectivity index (χ3n) is 5.19. The molecule has 0 saturated heterocycles. The van der Waals surface area contributed by atoms with Gasteiger partial charge < -0.3 is 24.8 Å². The van der Waals surface area contributed by atoms with Crippen LogP contribution >= 0.6 is 0 Å². The van der Waals surface area contributed by atoms with E-state index in [9.17, 15) is 24.9 Å². The van der Waals surface area contributed by atoms with Gasteiger partial charge in [-0.2, -0.15) is 0 Å². The average molecular weight is 415 g/mol. The third-order valence-corrected chi connectivity index (χ3v) is 5.19. The molecule has 1 heterocycles. The van der Waals surface area contributed by atoms with Crippen LogP contribution < -0.4 is 0 Å². The van der Waals surface area contributed by atoms with Crippen molar-refractivity contribution < 1.29 is 34.4 Å². The van der Waals surface area contributed by atoms with Crippen LogP contribution in [0.15, 0.2) is 11.5 Å². The summed E-state index contributed by atoms with van der Waals surface area (Å²) in [5, 5.41) is 28.5. The number of carbonyl (C=O) groups is 2. The van der Waals surface area contributed by atoms with Crippen molar-refractivity contribution >= 4 is 11.9 Å². The van der Waals surface area contributed by atoms with E-state index in [0.717, 1.165) is 19.3 Å². The first-order chi connectivity index (χ1) is 14.0. The van der Waals surface area contributed by atoms with Crippen LogP contribution in [0.2, 0.25) is 0 Å². The molecule has 7 nitrogen and oxygen atoms in total. The molecular formula is C22H38O7. The van der Waals surface area contributed by atoms with Crippen LogP contribution in [0.25, 0.3) is 0 Å². The third kappa shape index (κ3) is 10.5. The Balaban J connectivity index is 1.93. The molecule has 1 unspecified atom stereocenters. The fourth-order valence-electron chi connectivity index (χ4n) is 3.35. The van der Waals surface area contributed by atoms with Crippen LogP contribution in [-0.2, 0) is 19.1 Å².